The summed E-state index contributed by atoms with van der Waals surface area (Å²) in [5, 5.41) is 6.84. The summed E-state index contributed by atoms with van der Waals surface area (Å²) < 4.78 is 5.90. The van der Waals surface area contributed by atoms with Crippen molar-refractivity contribution in [3.63, 3.8) is 0 Å². The second-order valence-electron chi connectivity index (χ2n) is 5.06. The van der Waals surface area contributed by atoms with Crippen molar-refractivity contribution in [1.82, 2.24) is 20.4 Å². The fraction of sp³-hybridized carbons (Fsp3) is 0.0667. The highest BCUT2D eigenvalue weighted by atomic mass is 79.9. The molecule has 8 heteroatoms. The van der Waals surface area contributed by atoms with Gasteiger partial charge in [-0.05, 0) is 33.6 Å². The fourth-order valence-corrected chi connectivity index (χ4v) is 2.75. The second-order valence-corrected chi connectivity index (χ2v) is 5.87. The molecule has 1 amide bonds. The Morgan fingerprint density at radius 3 is 3.04 bits per heavy atom. The summed E-state index contributed by atoms with van der Waals surface area (Å²) in [5.41, 5.74) is 9.39. The molecular formula is C15H10BrN5O2. The van der Waals surface area contributed by atoms with Crippen molar-refractivity contribution in [1.29, 1.82) is 0 Å². The van der Waals surface area contributed by atoms with E-state index in [-0.39, 0.29) is 11.7 Å². The topological polar surface area (TPSA) is 107 Å². The van der Waals surface area contributed by atoms with Crippen molar-refractivity contribution in [2.24, 2.45) is 0 Å². The molecule has 1 aromatic carbocycles. The minimum Gasteiger partial charge on any atom is -0.382 e. The highest BCUT2D eigenvalue weighted by Crippen LogP contribution is 2.30. The molecule has 1 aliphatic rings. The summed E-state index contributed by atoms with van der Waals surface area (Å²) >= 11 is 3.25. The van der Waals surface area contributed by atoms with Gasteiger partial charge in [0, 0.05) is 23.7 Å². The molecule has 114 valence electrons. The van der Waals surface area contributed by atoms with Gasteiger partial charge in [0.05, 0.1) is 6.20 Å². The third kappa shape index (κ3) is 2.36. The zero-order valence-electron chi connectivity index (χ0n) is 11.7. The van der Waals surface area contributed by atoms with E-state index in [4.69, 9.17) is 10.3 Å². The van der Waals surface area contributed by atoms with Crippen LogP contribution in [-0.4, -0.2) is 21.0 Å². The first-order valence-electron chi connectivity index (χ1n) is 6.78. The molecule has 0 bridgehead atoms. The standard InChI is InChI=1S/C15H10BrN5O2/c16-12-6-18-14(17)13(20-12)11-4-10(21-23-11)7-1-2-9-8(3-7)5-19-15(9)22/h1-4,6H,5H2,(H2,17,18)(H,19,22). The Kier molecular flexibility index (Phi) is 3.12. The molecule has 4 rings (SSSR count). The van der Waals surface area contributed by atoms with Crippen molar-refractivity contribution in [3.8, 4) is 22.7 Å². The molecule has 0 saturated carbocycles. The maximum atomic E-state index is 11.6. The van der Waals surface area contributed by atoms with Gasteiger partial charge in [-0.1, -0.05) is 11.2 Å². The van der Waals surface area contributed by atoms with Gasteiger partial charge < -0.3 is 15.6 Å². The van der Waals surface area contributed by atoms with Crippen LogP contribution in [0.5, 0.6) is 0 Å². The molecule has 3 N–H and O–H groups in total. The lowest BCUT2D eigenvalue weighted by Crippen LogP contribution is -2.12. The maximum Gasteiger partial charge on any atom is 0.251 e. The van der Waals surface area contributed by atoms with Crippen LogP contribution in [0.2, 0.25) is 0 Å². The third-order valence-electron chi connectivity index (χ3n) is 3.60. The average Bonchev–Trinajstić information content (AvgIpc) is 3.17. The van der Waals surface area contributed by atoms with Gasteiger partial charge in [0.25, 0.3) is 5.91 Å². The van der Waals surface area contributed by atoms with E-state index in [0.29, 0.717) is 33.9 Å². The van der Waals surface area contributed by atoms with Gasteiger partial charge in [-0.15, -0.1) is 0 Å². The summed E-state index contributed by atoms with van der Waals surface area (Å²) in [6.45, 7) is 0.525. The minimum atomic E-state index is -0.0513. The van der Waals surface area contributed by atoms with Gasteiger partial charge in [-0.2, -0.15) is 0 Å². The van der Waals surface area contributed by atoms with Gasteiger partial charge in [0.15, 0.2) is 17.3 Å². The zero-order chi connectivity index (χ0) is 16.0. The van der Waals surface area contributed by atoms with Crippen molar-refractivity contribution >= 4 is 27.7 Å². The van der Waals surface area contributed by atoms with Crippen LogP contribution >= 0.6 is 15.9 Å². The van der Waals surface area contributed by atoms with Crippen LogP contribution < -0.4 is 11.1 Å². The Morgan fingerprint density at radius 2 is 2.17 bits per heavy atom. The number of aromatic nitrogens is 3. The monoisotopic (exact) mass is 371 g/mol. The van der Waals surface area contributed by atoms with Crippen molar-refractivity contribution in [2.75, 3.05) is 5.73 Å². The molecule has 3 heterocycles. The number of rotatable bonds is 2. The Morgan fingerprint density at radius 1 is 1.30 bits per heavy atom. The van der Waals surface area contributed by atoms with E-state index >= 15 is 0 Å². The number of nitrogens with zero attached hydrogens (tertiary/aromatic N) is 3. The molecule has 0 aliphatic carbocycles. The molecule has 3 aromatic rings. The highest BCUT2D eigenvalue weighted by Gasteiger charge is 2.20. The van der Waals surface area contributed by atoms with Crippen LogP contribution in [0, 0.1) is 0 Å². The summed E-state index contributed by atoms with van der Waals surface area (Å²) in [6, 6.07) is 7.29. The lowest BCUT2D eigenvalue weighted by molar-refractivity contribution is 0.0966. The molecule has 1 aliphatic heterocycles. The number of hydrogen-bond donors (Lipinski definition) is 2. The quantitative estimate of drug-likeness (QED) is 0.715. The van der Waals surface area contributed by atoms with Crippen LogP contribution in [0.3, 0.4) is 0 Å². The maximum absolute atomic E-state index is 11.6. The van der Waals surface area contributed by atoms with E-state index in [1.165, 1.54) is 6.20 Å². The van der Waals surface area contributed by atoms with Gasteiger partial charge >= 0.3 is 0 Å². The number of nitrogen functional groups attached to an aromatic ring is 1. The number of fused-ring (bicyclic) bond motifs is 1. The van der Waals surface area contributed by atoms with Gasteiger partial charge in [-0.25, -0.2) is 9.97 Å². The summed E-state index contributed by atoms with van der Waals surface area (Å²) in [5.74, 6) is 0.644. The average molecular weight is 372 g/mol. The Balaban J connectivity index is 1.74. The summed E-state index contributed by atoms with van der Waals surface area (Å²) in [7, 11) is 0. The lowest BCUT2D eigenvalue weighted by atomic mass is 10.0. The molecule has 0 spiro atoms. The summed E-state index contributed by atoms with van der Waals surface area (Å²) in [6.07, 6.45) is 1.51. The number of anilines is 1. The Labute approximate surface area is 139 Å². The number of carbonyl (C=O) groups is 1. The summed E-state index contributed by atoms with van der Waals surface area (Å²) in [4.78, 5) is 19.9. The van der Waals surface area contributed by atoms with Crippen LogP contribution in [-0.2, 0) is 6.54 Å². The highest BCUT2D eigenvalue weighted by molar-refractivity contribution is 9.10. The normalized spacial score (nSPS) is 13.0. The molecule has 0 unspecified atom stereocenters. The number of amides is 1. The van der Waals surface area contributed by atoms with Crippen molar-refractivity contribution in [2.45, 2.75) is 6.54 Å². The molecule has 0 saturated heterocycles. The number of nitrogens with two attached hydrogens (primary N) is 1. The molecule has 2 aromatic heterocycles. The second kappa shape index (κ2) is 5.17. The van der Waals surface area contributed by atoms with E-state index in [9.17, 15) is 4.79 Å². The smallest absolute Gasteiger partial charge is 0.251 e. The fourth-order valence-electron chi connectivity index (χ4n) is 2.47. The van der Waals surface area contributed by atoms with Gasteiger partial charge in [-0.3, -0.25) is 4.79 Å². The zero-order valence-corrected chi connectivity index (χ0v) is 13.3. The van der Waals surface area contributed by atoms with Crippen molar-refractivity contribution in [3.05, 3.63) is 46.2 Å². The van der Waals surface area contributed by atoms with E-state index in [2.05, 4.69) is 36.4 Å². The molecule has 0 radical (unpaired) electrons. The molecule has 7 nitrogen and oxygen atoms in total. The lowest BCUT2D eigenvalue weighted by Gasteiger charge is -2.00. The Hall–Kier alpha value is -2.74. The first-order chi connectivity index (χ1) is 11.1. The molecular weight excluding hydrogens is 362 g/mol. The number of halogens is 1. The number of benzene rings is 1. The van der Waals surface area contributed by atoms with Crippen LogP contribution in [0.4, 0.5) is 5.82 Å². The van der Waals surface area contributed by atoms with Crippen LogP contribution in [0.15, 0.2) is 39.6 Å². The van der Waals surface area contributed by atoms with E-state index in [1.54, 1.807) is 12.1 Å². The van der Waals surface area contributed by atoms with Crippen LogP contribution in [0.25, 0.3) is 22.7 Å². The first kappa shape index (κ1) is 13.9. The molecule has 0 fully saturated rings. The number of carbonyl (C=O) groups excluding carboxylic acids is 1. The minimum absolute atomic E-state index is 0.0513. The SMILES string of the molecule is Nc1ncc(Br)nc1-c1cc(-c2ccc3c(c2)CNC3=O)no1. The van der Waals surface area contributed by atoms with E-state index in [0.717, 1.165) is 11.1 Å². The Bertz CT molecular complexity index is 937. The van der Waals surface area contributed by atoms with Crippen LogP contribution in [0.1, 0.15) is 15.9 Å². The van der Waals surface area contributed by atoms with E-state index in [1.807, 2.05) is 12.1 Å². The van der Waals surface area contributed by atoms with E-state index < -0.39 is 0 Å². The number of nitrogens with one attached hydrogen (secondary N) is 1. The van der Waals surface area contributed by atoms with Gasteiger partial charge in [0.1, 0.15) is 10.3 Å². The predicted octanol–water partition coefficient (Wildman–Crippen LogP) is 2.39. The number of hydrogen-bond acceptors (Lipinski definition) is 6. The largest absolute Gasteiger partial charge is 0.382 e. The predicted molar refractivity (Wildman–Crippen MR) is 86.2 cm³/mol. The molecule has 23 heavy (non-hydrogen) atoms. The van der Waals surface area contributed by atoms with Crippen molar-refractivity contribution < 1.29 is 9.32 Å². The first-order valence-corrected chi connectivity index (χ1v) is 7.58. The molecule has 0 atom stereocenters. The van der Waals surface area contributed by atoms with Gasteiger partial charge in [0.2, 0.25) is 0 Å². The third-order valence-corrected chi connectivity index (χ3v) is 3.98.